The van der Waals surface area contributed by atoms with Gasteiger partial charge in [-0.1, -0.05) is 49.9 Å². The normalized spacial score (nSPS) is 12.6. The van der Waals surface area contributed by atoms with Crippen molar-refractivity contribution < 1.29 is 33.6 Å². The molecule has 0 aliphatic rings. The zero-order valence-electron chi connectivity index (χ0n) is 23.8. The summed E-state index contributed by atoms with van der Waals surface area (Å²) in [6.45, 7) is 6.87. The number of nitrogens with zero attached hydrogens (tertiary/aromatic N) is 3. The fraction of sp³-hybridized carbons (Fsp3) is 0.333. The van der Waals surface area contributed by atoms with Gasteiger partial charge in [0.05, 0.1) is 36.3 Å². The minimum absolute atomic E-state index is 0.0412. The van der Waals surface area contributed by atoms with Crippen LogP contribution < -0.4 is 16.2 Å². The van der Waals surface area contributed by atoms with Crippen LogP contribution in [0, 0.1) is 23.7 Å². The summed E-state index contributed by atoms with van der Waals surface area (Å²) in [5, 5.41) is 30.7. The summed E-state index contributed by atoms with van der Waals surface area (Å²) in [7, 11) is -3.10. The van der Waals surface area contributed by atoms with E-state index in [0.29, 0.717) is 31.8 Å². The van der Waals surface area contributed by atoms with E-state index in [1.807, 2.05) is 26.8 Å². The van der Waals surface area contributed by atoms with Crippen LogP contribution in [0.3, 0.4) is 0 Å². The molecule has 0 amide bonds. The first kappa shape index (κ1) is 39.2. The fourth-order valence-corrected chi connectivity index (χ4v) is 5.24. The van der Waals surface area contributed by atoms with E-state index in [-0.39, 0.29) is 35.0 Å². The topological polar surface area (TPSA) is 202 Å². The molecule has 0 saturated carbocycles. The second kappa shape index (κ2) is 17.0. The molecule has 17 heteroatoms. The number of aromatic nitrogens is 2. The molecule has 3 aromatic rings. The van der Waals surface area contributed by atoms with Gasteiger partial charge in [0, 0.05) is 24.3 Å². The van der Waals surface area contributed by atoms with Crippen LogP contribution in [0.5, 0.6) is 11.5 Å². The van der Waals surface area contributed by atoms with E-state index in [1.54, 1.807) is 12.1 Å². The second-order valence-corrected chi connectivity index (χ2v) is 15.0. The highest BCUT2D eigenvalue weighted by Gasteiger charge is 2.24. The average molecular weight is 799 g/mol. The molecule has 0 spiro atoms. The van der Waals surface area contributed by atoms with Gasteiger partial charge in [-0.2, -0.15) is 9.94 Å². The molecule has 1 heterocycles. The highest BCUT2D eigenvalue weighted by atomic mass is 79.9. The zero-order valence-corrected chi connectivity index (χ0v) is 29.4. The second-order valence-electron chi connectivity index (χ2n) is 9.97. The Morgan fingerprint density at radius 3 is 2.25 bits per heavy atom. The number of carboxylic acid groups (broad SMARTS) is 1. The predicted molar refractivity (Wildman–Crippen MR) is 174 cm³/mol. The van der Waals surface area contributed by atoms with E-state index < -0.39 is 30.6 Å². The summed E-state index contributed by atoms with van der Waals surface area (Å²) in [5.41, 5.74) is 5.49. The number of aliphatic carboxylic acids is 1. The van der Waals surface area contributed by atoms with Crippen LogP contribution in [0.15, 0.2) is 42.4 Å². The number of carbonyl (C=O) groups is 1. The summed E-state index contributed by atoms with van der Waals surface area (Å²) in [6.07, 6.45) is 5.15. The van der Waals surface area contributed by atoms with Gasteiger partial charge in [-0.25, -0.2) is 4.79 Å². The van der Waals surface area contributed by atoms with Gasteiger partial charge in [0.1, 0.15) is 24.1 Å². The third-order valence-electron chi connectivity index (χ3n) is 5.05. The lowest BCUT2D eigenvalue weighted by molar-refractivity contribution is -0.138. The number of phenols is 1. The van der Waals surface area contributed by atoms with Crippen molar-refractivity contribution in [2.45, 2.75) is 38.6 Å². The SMILES string of the molecule is C#CCOc1cc(-n2nc(C(C)(C)C)oc2=O)c(Cl)cc1Cl.CP(=O)(O)CCC(N)C(=O)O.N#Cc1cc(Br)c(O)c(Br)c1. The molecule has 2 atom stereocenters. The Balaban J connectivity index is 0.000000370. The van der Waals surface area contributed by atoms with Gasteiger partial charge in [-0.05, 0) is 56.5 Å². The van der Waals surface area contributed by atoms with Gasteiger partial charge in [0.15, 0.2) is 7.37 Å². The first-order valence-electron chi connectivity index (χ1n) is 12.2. The summed E-state index contributed by atoms with van der Waals surface area (Å²) in [6, 6.07) is 7.00. The maximum absolute atomic E-state index is 12.0. The molecule has 0 aliphatic heterocycles. The zero-order chi connectivity index (χ0) is 34.0. The van der Waals surface area contributed by atoms with Crippen LogP contribution in [-0.4, -0.2) is 56.3 Å². The number of benzene rings is 2. The molecule has 2 unspecified atom stereocenters. The molecule has 0 radical (unpaired) electrons. The van der Waals surface area contributed by atoms with Crippen molar-refractivity contribution in [2.24, 2.45) is 5.73 Å². The molecule has 12 nitrogen and oxygen atoms in total. The minimum Gasteiger partial charge on any atom is -0.506 e. The van der Waals surface area contributed by atoms with Gasteiger partial charge >= 0.3 is 11.7 Å². The maximum atomic E-state index is 12.0. The number of nitriles is 1. The molecule has 238 valence electrons. The predicted octanol–water partition coefficient (Wildman–Crippen LogP) is 5.92. The van der Waals surface area contributed by atoms with Crippen molar-refractivity contribution in [1.29, 1.82) is 5.26 Å². The molecular weight excluding hydrogens is 770 g/mol. The quantitative estimate of drug-likeness (QED) is 0.163. The lowest BCUT2D eigenvalue weighted by Crippen LogP contribution is -2.30. The van der Waals surface area contributed by atoms with E-state index in [0.717, 1.165) is 4.68 Å². The summed E-state index contributed by atoms with van der Waals surface area (Å²) >= 11 is 18.4. The van der Waals surface area contributed by atoms with Crippen molar-refractivity contribution in [3.8, 4) is 35.6 Å². The molecule has 0 aliphatic carbocycles. The van der Waals surface area contributed by atoms with Crippen LogP contribution in [-0.2, 0) is 14.8 Å². The number of terminal acetylenes is 1. The number of phenolic OH excluding ortho intramolecular Hbond substituents is 1. The van der Waals surface area contributed by atoms with Gasteiger partial charge in [-0.15, -0.1) is 11.5 Å². The van der Waals surface area contributed by atoms with Gasteiger partial charge < -0.3 is 30.0 Å². The first-order valence-corrected chi connectivity index (χ1v) is 16.9. The van der Waals surface area contributed by atoms with E-state index >= 15 is 0 Å². The Hall–Kier alpha value is -2.81. The average Bonchev–Trinajstić information content (AvgIpc) is 3.31. The smallest absolute Gasteiger partial charge is 0.442 e. The van der Waals surface area contributed by atoms with Crippen molar-refractivity contribution >= 4 is 68.4 Å². The van der Waals surface area contributed by atoms with E-state index in [4.69, 9.17) is 59.8 Å². The Morgan fingerprint density at radius 2 is 1.82 bits per heavy atom. The number of rotatable bonds is 7. The third-order valence-corrected chi connectivity index (χ3v) is 7.94. The number of aromatic hydroxyl groups is 1. The molecule has 3 rings (SSSR count). The van der Waals surface area contributed by atoms with Crippen molar-refractivity contribution in [2.75, 3.05) is 19.4 Å². The van der Waals surface area contributed by atoms with E-state index in [2.05, 4.69) is 42.9 Å². The lowest BCUT2D eigenvalue weighted by atomic mass is 9.97. The largest absolute Gasteiger partial charge is 0.506 e. The Bertz CT molecular complexity index is 1650. The van der Waals surface area contributed by atoms with Crippen LogP contribution in [0.1, 0.15) is 38.6 Å². The maximum Gasteiger partial charge on any atom is 0.442 e. The molecule has 0 bridgehead atoms. The Morgan fingerprint density at radius 1 is 1.25 bits per heavy atom. The summed E-state index contributed by atoms with van der Waals surface area (Å²) in [5.74, 6) is 1.28. The highest BCUT2D eigenvalue weighted by Crippen LogP contribution is 2.36. The fourth-order valence-electron chi connectivity index (χ4n) is 2.78. The van der Waals surface area contributed by atoms with Crippen molar-refractivity contribution in [1.82, 2.24) is 9.78 Å². The van der Waals surface area contributed by atoms with Crippen LogP contribution in [0.4, 0.5) is 0 Å². The monoisotopic (exact) mass is 796 g/mol. The van der Waals surface area contributed by atoms with Gasteiger partial charge in [0.2, 0.25) is 5.89 Å². The Labute approximate surface area is 280 Å². The molecular formula is C27H29Br2Cl2N4O8P. The van der Waals surface area contributed by atoms with Crippen molar-refractivity contribution in [3.63, 3.8) is 0 Å². The number of ether oxygens (including phenoxy) is 1. The third kappa shape index (κ3) is 12.7. The lowest BCUT2D eigenvalue weighted by Gasteiger charge is -2.11. The van der Waals surface area contributed by atoms with Crippen LogP contribution in [0.2, 0.25) is 10.0 Å². The number of halogens is 4. The number of hydrogen-bond donors (Lipinski definition) is 4. The number of hydrogen-bond acceptors (Lipinski definition) is 9. The summed E-state index contributed by atoms with van der Waals surface area (Å²) < 4.78 is 23.2. The van der Waals surface area contributed by atoms with E-state index in [1.165, 1.54) is 18.8 Å². The Kier molecular flexibility index (Phi) is 15.2. The van der Waals surface area contributed by atoms with E-state index in [9.17, 15) is 19.3 Å². The summed E-state index contributed by atoms with van der Waals surface area (Å²) in [4.78, 5) is 30.9. The van der Waals surface area contributed by atoms with Crippen molar-refractivity contribution in [3.05, 3.63) is 65.3 Å². The number of carboxylic acids is 1. The molecule has 0 saturated heterocycles. The molecule has 2 aromatic carbocycles. The molecule has 44 heavy (non-hydrogen) atoms. The van der Waals surface area contributed by atoms with Crippen LogP contribution >= 0.6 is 62.4 Å². The van der Waals surface area contributed by atoms with Gasteiger partial charge in [0.25, 0.3) is 0 Å². The number of nitrogens with two attached hydrogens (primary N) is 1. The standard InChI is InChI=1S/C15H14Cl2N2O3.C7H3Br2NO.C5H12NO4P/c1-5-6-21-12-8-11(9(16)7-10(12)17)19-14(20)22-13(18-19)15(2,3)4;8-5-1-4(3-10)2-6(9)7(5)11;1-11(9,10)3-2-4(6)5(7)8/h1,7-8H,6H2,2-4H3;1-2,11H;4H,2-3,6H2,1H3,(H,7,8)(H,9,10). The molecule has 0 fully saturated rings. The highest BCUT2D eigenvalue weighted by molar-refractivity contribution is 9.11. The van der Waals surface area contributed by atoms with Crippen LogP contribution in [0.25, 0.3) is 5.69 Å². The molecule has 1 aromatic heterocycles. The first-order chi connectivity index (χ1) is 20.2. The minimum atomic E-state index is -3.10. The molecule has 5 N–H and O–H groups in total. The van der Waals surface area contributed by atoms with Gasteiger partial charge in [-0.3, -0.25) is 9.36 Å².